The number of anilines is 1. The molecule has 6 heteroatoms. The standard InChI is InChI=1S/C7H11N3O2S/c1-12-7-9-8-6(13-7)10-3-2-5(11)4-10/h5,11H,2-4H2,1H3/t5-/m0/s1. The van der Waals surface area contributed by atoms with Crippen LogP contribution in [0.2, 0.25) is 0 Å². The minimum atomic E-state index is -0.227. The minimum Gasteiger partial charge on any atom is -0.472 e. The van der Waals surface area contributed by atoms with Gasteiger partial charge in [-0.25, -0.2) is 0 Å². The molecule has 0 aliphatic carbocycles. The molecule has 13 heavy (non-hydrogen) atoms. The Hall–Kier alpha value is -0.880. The number of nitrogens with zero attached hydrogens (tertiary/aromatic N) is 3. The predicted molar refractivity (Wildman–Crippen MR) is 49.3 cm³/mol. The zero-order valence-corrected chi connectivity index (χ0v) is 8.12. The van der Waals surface area contributed by atoms with Crippen LogP contribution in [0.1, 0.15) is 6.42 Å². The first-order valence-electron chi connectivity index (χ1n) is 4.10. The number of methoxy groups -OCH3 is 1. The van der Waals surface area contributed by atoms with E-state index in [4.69, 9.17) is 4.74 Å². The van der Waals surface area contributed by atoms with Crippen LogP contribution in [-0.2, 0) is 0 Å². The SMILES string of the molecule is COc1nnc(N2CC[C@H](O)C2)s1. The minimum absolute atomic E-state index is 0.227. The Bertz CT molecular complexity index is 291. The molecule has 1 N–H and O–H groups in total. The fraction of sp³-hybridized carbons (Fsp3) is 0.714. The number of aliphatic hydroxyl groups is 1. The van der Waals surface area contributed by atoms with E-state index in [1.54, 1.807) is 7.11 Å². The van der Waals surface area contributed by atoms with E-state index in [1.807, 2.05) is 4.90 Å². The summed E-state index contributed by atoms with van der Waals surface area (Å²) in [6.45, 7) is 1.50. The third-order valence-electron chi connectivity index (χ3n) is 2.00. The third-order valence-corrected chi connectivity index (χ3v) is 2.95. The van der Waals surface area contributed by atoms with Gasteiger partial charge in [-0.2, -0.15) is 0 Å². The summed E-state index contributed by atoms with van der Waals surface area (Å²) >= 11 is 1.40. The highest BCUT2D eigenvalue weighted by Gasteiger charge is 2.23. The van der Waals surface area contributed by atoms with E-state index in [0.717, 1.165) is 18.1 Å². The lowest BCUT2D eigenvalue weighted by Crippen LogP contribution is -2.20. The monoisotopic (exact) mass is 201 g/mol. The molecule has 0 unspecified atom stereocenters. The van der Waals surface area contributed by atoms with Crippen molar-refractivity contribution in [1.82, 2.24) is 10.2 Å². The van der Waals surface area contributed by atoms with Gasteiger partial charge in [0.05, 0.1) is 13.2 Å². The molecule has 1 aromatic heterocycles. The van der Waals surface area contributed by atoms with E-state index in [9.17, 15) is 5.11 Å². The lowest BCUT2D eigenvalue weighted by Gasteiger charge is -2.11. The Morgan fingerprint density at radius 2 is 2.46 bits per heavy atom. The first-order valence-corrected chi connectivity index (χ1v) is 4.92. The van der Waals surface area contributed by atoms with Gasteiger partial charge in [-0.05, 0) is 17.8 Å². The molecule has 0 aromatic carbocycles. The highest BCUT2D eigenvalue weighted by atomic mass is 32.1. The van der Waals surface area contributed by atoms with E-state index in [0.29, 0.717) is 11.7 Å². The highest BCUT2D eigenvalue weighted by Crippen LogP contribution is 2.27. The molecule has 1 atom stereocenters. The van der Waals surface area contributed by atoms with Crippen molar-refractivity contribution in [1.29, 1.82) is 0 Å². The van der Waals surface area contributed by atoms with E-state index in [1.165, 1.54) is 11.3 Å². The number of rotatable bonds is 2. The van der Waals surface area contributed by atoms with Crippen LogP contribution in [0.5, 0.6) is 5.19 Å². The molecule has 1 saturated heterocycles. The summed E-state index contributed by atoms with van der Waals surface area (Å²) in [4.78, 5) is 2.02. The second kappa shape index (κ2) is 3.47. The predicted octanol–water partition coefficient (Wildman–Crippen LogP) is 0.118. The zero-order valence-electron chi connectivity index (χ0n) is 7.30. The summed E-state index contributed by atoms with van der Waals surface area (Å²) in [5.41, 5.74) is 0. The molecule has 0 saturated carbocycles. The van der Waals surface area contributed by atoms with Gasteiger partial charge in [0.2, 0.25) is 5.13 Å². The normalized spacial score (nSPS) is 22.3. The molecule has 1 aliphatic heterocycles. The average molecular weight is 201 g/mol. The van der Waals surface area contributed by atoms with Gasteiger partial charge in [-0.3, -0.25) is 0 Å². The highest BCUT2D eigenvalue weighted by molar-refractivity contribution is 7.16. The second-order valence-electron chi connectivity index (χ2n) is 2.94. The van der Waals surface area contributed by atoms with Crippen molar-refractivity contribution in [3.05, 3.63) is 0 Å². The van der Waals surface area contributed by atoms with E-state index >= 15 is 0 Å². The number of hydrogen-bond donors (Lipinski definition) is 1. The van der Waals surface area contributed by atoms with Crippen LogP contribution in [0.15, 0.2) is 0 Å². The Morgan fingerprint density at radius 1 is 1.62 bits per heavy atom. The van der Waals surface area contributed by atoms with Crippen LogP contribution in [0.3, 0.4) is 0 Å². The zero-order chi connectivity index (χ0) is 9.26. The Labute approximate surface area is 80.0 Å². The molecule has 0 bridgehead atoms. The van der Waals surface area contributed by atoms with Gasteiger partial charge in [0.25, 0.3) is 5.19 Å². The third kappa shape index (κ3) is 1.73. The summed E-state index contributed by atoms with van der Waals surface area (Å²) in [7, 11) is 1.57. The number of aliphatic hydroxyl groups excluding tert-OH is 1. The molecular weight excluding hydrogens is 190 g/mol. The average Bonchev–Trinajstić information content (AvgIpc) is 2.71. The summed E-state index contributed by atoms with van der Waals surface area (Å²) in [6, 6.07) is 0. The summed E-state index contributed by atoms with van der Waals surface area (Å²) in [6.07, 6.45) is 0.580. The molecular formula is C7H11N3O2S. The molecule has 0 radical (unpaired) electrons. The number of hydrogen-bond acceptors (Lipinski definition) is 6. The molecule has 2 rings (SSSR count). The maximum atomic E-state index is 9.31. The molecule has 2 heterocycles. The lowest BCUT2D eigenvalue weighted by molar-refractivity contribution is 0.198. The summed E-state index contributed by atoms with van der Waals surface area (Å²) in [5, 5.41) is 18.5. The first-order chi connectivity index (χ1) is 6.29. The van der Waals surface area contributed by atoms with Gasteiger partial charge in [0, 0.05) is 13.1 Å². The van der Waals surface area contributed by atoms with Crippen LogP contribution in [0.25, 0.3) is 0 Å². The van der Waals surface area contributed by atoms with Crippen molar-refractivity contribution in [3.8, 4) is 5.19 Å². The van der Waals surface area contributed by atoms with Crippen molar-refractivity contribution >= 4 is 16.5 Å². The fourth-order valence-corrected chi connectivity index (χ4v) is 2.03. The smallest absolute Gasteiger partial charge is 0.295 e. The fourth-order valence-electron chi connectivity index (χ4n) is 1.33. The summed E-state index contributed by atoms with van der Waals surface area (Å²) in [5.74, 6) is 0. The van der Waals surface area contributed by atoms with Gasteiger partial charge in [0.15, 0.2) is 0 Å². The van der Waals surface area contributed by atoms with Crippen LogP contribution in [0, 0.1) is 0 Å². The molecule has 72 valence electrons. The van der Waals surface area contributed by atoms with Crippen molar-refractivity contribution in [3.63, 3.8) is 0 Å². The van der Waals surface area contributed by atoms with Gasteiger partial charge < -0.3 is 14.7 Å². The van der Waals surface area contributed by atoms with Gasteiger partial charge in [-0.15, -0.1) is 5.10 Å². The molecule has 0 spiro atoms. The van der Waals surface area contributed by atoms with Crippen molar-refractivity contribution < 1.29 is 9.84 Å². The van der Waals surface area contributed by atoms with E-state index < -0.39 is 0 Å². The topological polar surface area (TPSA) is 58.5 Å². The van der Waals surface area contributed by atoms with E-state index in [2.05, 4.69) is 10.2 Å². The van der Waals surface area contributed by atoms with E-state index in [-0.39, 0.29) is 6.10 Å². The second-order valence-corrected chi connectivity index (χ2v) is 3.86. The Balaban J connectivity index is 2.08. The molecule has 1 aromatic rings. The summed E-state index contributed by atoms with van der Waals surface area (Å²) < 4.78 is 4.94. The van der Waals surface area contributed by atoms with Crippen molar-refractivity contribution in [2.45, 2.75) is 12.5 Å². The molecule has 0 amide bonds. The molecule has 5 nitrogen and oxygen atoms in total. The number of aromatic nitrogens is 2. The largest absolute Gasteiger partial charge is 0.472 e. The van der Waals surface area contributed by atoms with Crippen molar-refractivity contribution in [2.24, 2.45) is 0 Å². The lowest BCUT2D eigenvalue weighted by atomic mass is 10.3. The first kappa shape index (κ1) is 8.71. The maximum Gasteiger partial charge on any atom is 0.295 e. The Kier molecular flexibility index (Phi) is 2.32. The van der Waals surface area contributed by atoms with Crippen LogP contribution in [0.4, 0.5) is 5.13 Å². The molecule has 1 aliphatic rings. The van der Waals surface area contributed by atoms with Gasteiger partial charge in [-0.1, -0.05) is 5.10 Å². The number of ether oxygens (including phenoxy) is 1. The molecule has 1 fully saturated rings. The van der Waals surface area contributed by atoms with Crippen LogP contribution < -0.4 is 9.64 Å². The van der Waals surface area contributed by atoms with Crippen LogP contribution >= 0.6 is 11.3 Å². The van der Waals surface area contributed by atoms with Crippen LogP contribution in [-0.4, -0.2) is 41.6 Å². The maximum absolute atomic E-state index is 9.31. The number of β-amino-alcohol motifs (C(OH)–C–C–N with tert-alkyl or cyclic N) is 1. The van der Waals surface area contributed by atoms with Gasteiger partial charge in [0.1, 0.15) is 0 Å². The quantitative estimate of drug-likeness (QED) is 0.736. The van der Waals surface area contributed by atoms with Gasteiger partial charge >= 0.3 is 0 Å². The van der Waals surface area contributed by atoms with Crippen molar-refractivity contribution in [2.75, 3.05) is 25.1 Å². The Morgan fingerprint density at radius 3 is 3.00 bits per heavy atom.